The number of fused-ring (bicyclic) bond motifs is 3. The zero-order chi connectivity index (χ0) is 14.2. The fourth-order valence-electron chi connectivity index (χ4n) is 2.57. The van der Waals surface area contributed by atoms with Gasteiger partial charge in [0.2, 0.25) is 0 Å². The fraction of sp³-hybridized carbons (Fsp3) is 0.385. The summed E-state index contributed by atoms with van der Waals surface area (Å²) in [5, 5.41) is 12.1. The molecule has 0 radical (unpaired) electrons. The van der Waals surface area contributed by atoms with Gasteiger partial charge in [-0.1, -0.05) is 4.49 Å². The zero-order valence-corrected chi connectivity index (χ0v) is 13.1. The highest BCUT2D eigenvalue weighted by Crippen LogP contribution is 2.35. The molecular weight excluding hydrogens is 304 g/mol. The van der Waals surface area contributed by atoms with Crippen molar-refractivity contribution in [3.63, 3.8) is 0 Å². The van der Waals surface area contributed by atoms with Crippen LogP contribution in [0.2, 0.25) is 0 Å². The molecule has 0 aromatic carbocycles. The smallest absolute Gasteiger partial charge is 0.138 e. The van der Waals surface area contributed by atoms with Gasteiger partial charge < -0.3 is 10.6 Å². The third kappa shape index (κ3) is 2.29. The van der Waals surface area contributed by atoms with E-state index >= 15 is 0 Å². The maximum Gasteiger partial charge on any atom is 0.138 e. The molecule has 3 aromatic rings. The van der Waals surface area contributed by atoms with Crippen LogP contribution in [0, 0.1) is 6.92 Å². The minimum absolute atomic E-state index is 0.707. The van der Waals surface area contributed by atoms with Crippen molar-refractivity contribution in [3.8, 4) is 0 Å². The van der Waals surface area contributed by atoms with Gasteiger partial charge in [-0.05, 0) is 37.0 Å². The molecule has 108 valence electrons. The highest BCUT2D eigenvalue weighted by Gasteiger charge is 2.19. The van der Waals surface area contributed by atoms with E-state index in [0.717, 1.165) is 40.7 Å². The largest absolute Gasteiger partial charge is 0.364 e. The van der Waals surface area contributed by atoms with Crippen LogP contribution in [-0.2, 0) is 19.5 Å². The van der Waals surface area contributed by atoms with Crippen LogP contribution in [0.1, 0.15) is 21.0 Å². The predicted octanol–water partition coefficient (Wildman–Crippen LogP) is 2.11. The van der Waals surface area contributed by atoms with Crippen molar-refractivity contribution in [1.82, 2.24) is 24.9 Å². The first-order valence-corrected chi connectivity index (χ1v) is 8.39. The van der Waals surface area contributed by atoms with Gasteiger partial charge >= 0.3 is 0 Å². The van der Waals surface area contributed by atoms with Gasteiger partial charge in [0.25, 0.3) is 0 Å². The number of thiophene rings is 1. The lowest BCUT2D eigenvalue weighted by molar-refractivity contribution is 0.657. The van der Waals surface area contributed by atoms with Gasteiger partial charge in [0, 0.05) is 11.4 Å². The molecular formula is C13H14N6S2. The Balaban J connectivity index is 1.71. The van der Waals surface area contributed by atoms with E-state index in [2.05, 4.69) is 30.2 Å². The van der Waals surface area contributed by atoms with E-state index < -0.39 is 0 Å². The zero-order valence-electron chi connectivity index (χ0n) is 11.5. The average Bonchev–Trinajstić information content (AvgIpc) is 3.08. The van der Waals surface area contributed by atoms with Crippen LogP contribution < -0.4 is 10.6 Å². The van der Waals surface area contributed by atoms with Gasteiger partial charge in [0.1, 0.15) is 17.0 Å². The van der Waals surface area contributed by atoms with Crippen molar-refractivity contribution in [2.75, 3.05) is 11.9 Å². The Labute approximate surface area is 129 Å². The minimum Gasteiger partial charge on any atom is -0.364 e. The molecule has 0 fully saturated rings. The van der Waals surface area contributed by atoms with Gasteiger partial charge in [0.05, 0.1) is 22.5 Å². The molecule has 21 heavy (non-hydrogen) atoms. The maximum atomic E-state index is 4.44. The highest BCUT2D eigenvalue weighted by atomic mass is 32.1. The molecule has 1 aliphatic heterocycles. The Morgan fingerprint density at radius 2 is 2.33 bits per heavy atom. The number of nitrogens with one attached hydrogen (secondary N) is 2. The van der Waals surface area contributed by atoms with Crippen LogP contribution in [-0.4, -0.2) is 26.1 Å². The van der Waals surface area contributed by atoms with Gasteiger partial charge in [0.15, 0.2) is 0 Å². The van der Waals surface area contributed by atoms with Gasteiger partial charge in [-0.3, -0.25) is 0 Å². The molecule has 0 saturated carbocycles. The molecule has 8 heteroatoms. The summed E-state index contributed by atoms with van der Waals surface area (Å²) in [7, 11) is 0. The van der Waals surface area contributed by atoms with E-state index in [1.807, 2.05) is 6.92 Å². The summed E-state index contributed by atoms with van der Waals surface area (Å²) in [6.45, 7) is 4.64. The van der Waals surface area contributed by atoms with Crippen molar-refractivity contribution < 1.29 is 0 Å². The lowest BCUT2D eigenvalue weighted by Crippen LogP contribution is -2.22. The molecule has 0 bridgehead atoms. The van der Waals surface area contributed by atoms with Gasteiger partial charge in [-0.2, -0.15) is 0 Å². The number of aryl methyl sites for hydroxylation is 1. The number of hydrogen-bond acceptors (Lipinski definition) is 8. The summed E-state index contributed by atoms with van der Waals surface area (Å²) in [5.41, 5.74) is 2.38. The van der Waals surface area contributed by atoms with E-state index in [9.17, 15) is 0 Å². The first kappa shape index (κ1) is 13.1. The van der Waals surface area contributed by atoms with Crippen molar-refractivity contribution >= 4 is 38.9 Å². The molecule has 2 N–H and O–H groups in total. The topological polar surface area (TPSA) is 75.6 Å². The average molecular weight is 318 g/mol. The second kappa shape index (κ2) is 5.28. The van der Waals surface area contributed by atoms with Crippen LogP contribution in [0.5, 0.6) is 0 Å². The number of anilines is 1. The second-order valence-corrected chi connectivity index (χ2v) is 6.89. The summed E-state index contributed by atoms with van der Waals surface area (Å²) in [4.78, 5) is 12.5. The van der Waals surface area contributed by atoms with Crippen LogP contribution in [0.3, 0.4) is 0 Å². The minimum atomic E-state index is 0.707. The van der Waals surface area contributed by atoms with Crippen molar-refractivity contribution in [1.29, 1.82) is 0 Å². The second-order valence-electron chi connectivity index (χ2n) is 4.97. The summed E-state index contributed by atoms with van der Waals surface area (Å²) in [5.74, 6) is 0.923. The lowest BCUT2D eigenvalue weighted by Gasteiger charge is -2.13. The number of aromatic nitrogens is 4. The summed E-state index contributed by atoms with van der Waals surface area (Å²) in [6, 6.07) is 0. The fourth-order valence-corrected chi connectivity index (χ4v) is 4.30. The van der Waals surface area contributed by atoms with Crippen molar-refractivity contribution in [2.24, 2.45) is 0 Å². The van der Waals surface area contributed by atoms with Crippen LogP contribution in [0.15, 0.2) is 6.33 Å². The molecule has 0 atom stereocenters. The molecule has 0 unspecified atom stereocenters. The lowest BCUT2D eigenvalue weighted by atomic mass is 10.1. The molecule has 4 rings (SSSR count). The summed E-state index contributed by atoms with van der Waals surface area (Å²) < 4.78 is 3.97. The Morgan fingerprint density at radius 1 is 1.38 bits per heavy atom. The Kier molecular flexibility index (Phi) is 3.28. The van der Waals surface area contributed by atoms with Gasteiger partial charge in [-0.25, -0.2) is 9.97 Å². The monoisotopic (exact) mass is 318 g/mol. The molecule has 0 spiro atoms. The third-order valence-corrected chi connectivity index (χ3v) is 5.63. The van der Waals surface area contributed by atoms with Crippen LogP contribution >= 0.6 is 22.9 Å². The first-order chi connectivity index (χ1) is 10.3. The molecule has 0 amide bonds. The van der Waals surface area contributed by atoms with E-state index in [-0.39, 0.29) is 0 Å². The molecule has 3 aromatic heterocycles. The Hall–Kier alpha value is -1.64. The van der Waals surface area contributed by atoms with Gasteiger partial charge in [-0.15, -0.1) is 16.4 Å². The number of rotatable bonds is 3. The normalized spacial score (nSPS) is 14.3. The van der Waals surface area contributed by atoms with E-state index in [0.29, 0.717) is 6.54 Å². The van der Waals surface area contributed by atoms with E-state index in [1.165, 1.54) is 27.4 Å². The highest BCUT2D eigenvalue weighted by molar-refractivity contribution is 7.19. The van der Waals surface area contributed by atoms with E-state index in [1.54, 1.807) is 17.7 Å². The van der Waals surface area contributed by atoms with Crippen molar-refractivity contribution in [2.45, 2.75) is 26.4 Å². The van der Waals surface area contributed by atoms with Crippen LogP contribution in [0.4, 0.5) is 5.82 Å². The summed E-state index contributed by atoms with van der Waals surface area (Å²) >= 11 is 3.20. The number of nitrogens with zero attached hydrogens (tertiary/aromatic N) is 4. The van der Waals surface area contributed by atoms with E-state index in [4.69, 9.17) is 0 Å². The number of hydrogen-bond donors (Lipinski definition) is 2. The standard InChI is InChI=1S/C13H14N6S2/c1-7-9(21-19-18-7)5-15-12-11-8-2-3-14-4-10(8)20-13(11)17-6-16-12/h6,14H,2-5H2,1H3,(H,15,16,17). The third-order valence-electron chi connectivity index (χ3n) is 3.67. The predicted molar refractivity (Wildman–Crippen MR) is 84.8 cm³/mol. The van der Waals surface area contributed by atoms with Crippen LogP contribution in [0.25, 0.3) is 10.2 Å². The Bertz CT molecular complexity index is 793. The maximum absolute atomic E-state index is 4.44. The summed E-state index contributed by atoms with van der Waals surface area (Å²) in [6.07, 6.45) is 2.68. The first-order valence-electron chi connectivity index (χ1n) is 6.80. The quantitative estimate of drug-likeness (QED) is 0.770. The molecule has 0 aliphatic carbocycles. The molecule has 6 nitrogen and oxygen atoms in total. The molecule has 0 saturated heterocycles. The van der Waals surface area contributed by atoms with Crippen molar-refractivity contribution in [3.05, 3.63) is 27.3 Å². The SMILES string of the molecule is Cc1nnsc1CNc1ncnc2sc3c(c12)CCNC3. The molecule has 1 aliphatic rings. The Morgan fingerprint density at radius 3 is 3.19 bits per heavy atom. The molecule has 4 heterocycles.